The smallest absolute Gasteiger partial charge is 0.306 e. The lowest BCUT2D eigenvalue weighted by Gasteiger charge is -2.36. The van der Waals surface area contributed by atoms with Crippen molar-refractivity contribution in [3.05, 3.63) is 34.9 Å². The minimum atomic E-state index is -0.122. The van der Waals surface area contributed by atoms with Gasteiger partial charge in [0.05, 0.1) is 6.61 Å². The van der Waals surface area contributed by atoms with Crippen LogP contribution in [0.25, 0.3) is 0 Å². The van der Waals surface area contributed by atoms with Crippen molar-refractivity contribution in [2.24, 2.45) is 11.7 Å². The molecular weight excluding hydrogens is 288 g/mol. The third kappa shape index (κ3) is 5.30. The number of carbonyl (C=O) groups is 1. The van der Waals surface area contributed by atoms with E-state index in [1.165, 1.54) is 5.56 Å². The molecule has 2 rings (SSSR count). The highest BCUT2D eigenvalue weighted by Crippen LogP contribution is 2.21. The Morgan fingerprint density at radius 3 is 2.76 bits per heavy atom. The predicted octanol–water partition coefficient (Wildman–Crippen LogP) is 2.44. The molecule has 0 saturated carbocycles. The molecule has 0 aromatic heterocycles. The lowest BCUT2D eigenvalue weighted by Crippen LogP contribution is -2.47. The first-order valence-electron chi connectivity index (χ1n) is 7.44. The highest BCUT2D eigenvalue weighted by molar-refractivity contribution is 6.30. The Bertz CT molecular complexity index is 464. The quantitative estimate of drug-likeness (QED) is 0.849. The average Bonchev–Trinajstić information content (AvgIpc) is 2.41. The first kappa shape index (κ1) is 16.3. The van der Waals surface area contributed by atoms with E-state index in [-0.39, 0.29) is 17.9 Å². The monoisotopic (exact) mass is 310 g/mol. The molecule has 1 fully saturated rings. The lowest BCUT2D eigenvalue weighted by molar-refractivity contribution is -0.144. The molecule has 21 heavy (non-hydrogen) atoms. The van der Waals surface area contributed by atoms with Crippen LogP contribution >= 0.6 is 11.6 Å². The van der Waals surface area contributed by atoms with Crippen molar-refractivity contribution in [2.75, 3.05) is 19.7 Å². The molecular formula is C16H23ClN2O2. The van der Waals surface area contributed by atoms with E-state index in [4.69, 9.17) is 22.1 Å². The molecule has 1 aliphatic rings. The van der Waals surface area contributed by atoms with Crippen molar-refractivity contribution in [1.82, 2.24) is 4.90 Å². The largest absolute Gasteiger partial charge is 0.466 e. The van der Waals surface area contributed by atoms with Crippen molar-refractivity contribution in [1.29, 1.82) is 0 Å². The van der Waals surface area contributed by atoms with E-state index in [2.05, 4.69) is 4.90 Å². The Morgan fingerprint density at radius 2 is 2.10 bits per heavy atom. The Labute approximate surface area is 131 Å². The van der Waals surface area contributed by atoms with Crippen molar-refractivity contribution in [2.45, 2.75) is 32.4 Å². The molecule has 2 unspecified atom stereocenters. The second-order valence-corrected chi connectivity index (χ2v) is 6.13. The molecule has 0 aliphatic carbocycles. The number of likely N-dealkylation sites (tertiary alicyclic amines) is 1. The van der Waals surface area contributed by atoms with Gasteiger partial charge in [0, 0.05) is 37.1 Å². The molecule has 1 saturated heterocycles. The highest BCUT2D eigenvalue weighted by Gasteiger charge is 2.27. The molecule has 2 atom stereocenters. The lowest BCUT2D eigenvalue weighted by atomic mass is 9.91. The van der Waals surface area contributed by atoms with Crippen molar-refractivity contribution in [3.8, 4) is 0 Å². The van der Waals surface area contributed by atoms with Crippen LogP contribution in [0.4, 0.5) is 0 Å². The Balaban J connectivity index is 1.90. The van der Waals surface area contributed by atoms with Crippen LogP contribution in [-0.4, -0.2) is 36.6 Å². The zero-order chi connectivity index (χ0) is 15.2. The summed E-state index contributed by atoms with van der Waals surface area (Å²) < 4.78 is 5.03. The molecule has 1 aromatic rings. The summed E-state index contributed by atoms with van der Waals surface area (Å²) in [4.78, 5) is 13.9. The van der Waals surface area contributed by atoms with Gasteiger partial charge >= 0.3 is 5.97 Å². The van der Waals surface area contributed by atoms with Crippen LogP contribution in [0.1, 0.15) is 25.3 Å². The number of benzene rings is 1. The molecule has 0 bridgehead atoms. The van der Waals surface area contributed by atoms with Gasteiger partial charge in [-0.2, -0.15) is 0 Å². The second-order valence-electron chi connectivity index (χ2n) is 5.69. The summed E-state index contributed by atoms with van der Waals surface area (Å²) >= 11 is 5.90. The molecule has 0 amide bonds. The fourth-order valence-electron chi connectivity index (χ4n) is 2.93. The minimum absolute atomic E-state index is 0.116. The van der Waals surface area contributed by atoms with Crippen molar-refractivity contribution >= 4 is 17.6 Å². The standard InChI is InChI=1S/C16H23ClN2O2/c1-2-21-16(20)8-13-7-15(18)11-19(10-13)9-12-3-5-14(17)6-4-12/h3-6,13,15H,2,7-11,18H2,1H3. The van der Waals surface area contributed by atoms with Gasteiger partial charge in [0.25, 0.3) is 0 Å². The third-order valence-corrected chi connectivity index (χ3v) is 3.98. The van der Waals surface area contributed by atoms with Gasteiger partial charge in [-0.25, -0.2) is 0 Å². The SMILES string of the molecule is CCOC(=O)CC1CC(N)CN(Cc2ccc(Cl)cc2)C1. The number of ether oxygens (including phenoxy) is 1. The molecule has 1 aliphatic heterocycles. The van der Waals surface area contributed by atoms with Crippen LogP contribution < -0.4 is 5.73 Å². The fourth-order valence-corrected chi connectivity index (χ4v) is 3.06. The Kier molecular flexibility index (Phi) is 6.03. The Morgan fingerprint density at radius 1 is 1.38 bits per heavy atom. The van der Waals surface area contributed by atoms with Gasteiger partial charge < -0.3 is 10.5 Å². The zero-order valence-corrected chi connectivity index (χ0v) is 13.2. The summed E-state index contributed by atoms with van der Waals surface area (Å²) in [5.41, 5.74) is 7.34. The first-order chi connectivity index (χ1) is 10.1. The van der Waals surface area contributed by atoms with Gasteiger partial charge in [0.15, 0.2) is 0 Å². The number of hydrogen-bond acceptors (Lipinski definition) is 4. The predicted molar refractivity (Wildman–Crippen MR) is 84.1 cm³/mol. The van der Waals surface area contributed by atoms with E-state index in [0.717, 1.165) is 31.1 Å². The maximum absolute atomic E-state index is 11.6. The summed E-state index contributed by atoms with van der Waals surface area (Å²) in [6.45, 7) is 4.85. The molecule has 1 heterocycles. The molecule has 2 N–H and O–H groups in total. The van der Waals surface area contributed by atoms with Gasteiger partial charge in [0.2, 0.25) is 0 Å². The van der Waals surface area contributed by atoms with Gasteiger partial charge in [-0.05, 0) is 37.0 Å². The second kappa shape index (κ2) is 7.78. The van der Waals surface area contributed by atoms with E-state index in [1.807, 2.05) is 31.2 Å². The van der Waals surface area contributed by atoms with Crippen LogP contribution in [-0.2, 0) is 16.1 Å². The fraction of sp³-hybridized carbons (Fsp3) is 0.562. The number of hydrogen-bond donors (Lipinski definition) is 1. The highest BCUT2D eigenvalue weighted by atomic mass is 35.5. The number of nitrogens with zero attached hydrogens (tertiary/aromatic N) is 1. The van der Waals surface area contributed by atoms with E-state index >= 15 is 0 Å². The minimum Gasteiger partial charge on any atom is -0.466 e. The van der Waals surface area contributed by atoms with Gasteiger partial charge in [-0.3, -0.25) is 9.69 Å². The first-order valence-corrected chi connectivity index (χ1v) is 7.82. The molecule has 5 heteroatoms. The number of rotatable bonds is 5. The summed E-state index contributed by atoms with van der Waals surface area (Å²) in [7, 11) is 0. The number of piperidine rings is 1. The van der Waals surface area contributed by atoms with Crippen LogP contribution in [0.15, 0.2) is 24.3 Å². The number of esters is 1. The average molecular weight is 311 g/mol. The Hall–Kier alpha value is -1.10. The molecule has 116 valence electrons. The van der Waals surface area contributed by atoms with Crippen molar-refractivity contribution < 1.29 is 9.53 Å². The van der Waals surface area contributed by atoms with Crippen LogP contribution in [0.5, 0.6) is 0 Å². The number of halogens is 1. The molecule has 1 aromatic carbocycles. The summed E-state index contributed by atoms with van der Waals surface area (Å²) in [6.07, 6.45) is 1.34. The van der Waals surface area contributed by atoms with E-state index < -0.39 is 0 Å². The molecule has 4 nitrogen and oxygen atoms in total. The van der Waals surface area contributed by atoms with Crippen LogP contribution in [0, 0.1) is 5.92 Å². The van der Waals surface area contributed by atoms with E-state index in [0.29, 0.717) is 13.0 Å². The number of carbonyl (C=O) groups excluding carboxylic acids is 1. The van der Waals surface area contributed by atoms with Crippen LogP contribution in [0.2, 0.25) is 5.02 Å². The van der Waals surface area contributed by atoms with Crippen LogP contribution in [0.3, 0.4) is 0 Å². The summed E-state index contributed by atoms with van der Waals surface area (Å²) in [5.74, 6) is 0.156. The molecule has 0 radical (unpaired) electrons. The third-order valence-electron chi connectivity index (χ3n) is 3.73. The summed E-state index contributed by atoms with van der Waals surface area (Å²) in [6, 6.07) is 7.98. The molecule has 0 spiro atoms. The maximum atomic E-state index is 11.6. The van der Waals surface area contributed by atoms with E-state index in [9.17, 15) is 4.79 Å². The van der Waals surface area contributed by atoms with Gasteiger partial charge in [-0.15, -0.1) is 0 Å². The van der Waals surface area contributed by atoms with Crippen molar-refractivity contribution in [3.63, 3.8) is 0 Å². The number of nitrogens with two attached hydrogens (primary N) is 1. The summed E-state index contributed by atoms with van der Waals surface area (Å²) in [5, 5.41) is 0.745. The normalized spacial score (nSPS) is 23.0. The van der Waals surface area contributed by atoms with Gasteiger partial charge in [-0.1, -0.05) is 23.7 Å². The maximum Gasteiger partial charge on any atom is 0.306 e. The van der Waals surface area contributed by atoms with E-state index in [1.54, 1.807) is 0 Å². The zero-order valence-electron chi connectivity index (χ0n) is 12.4. The topological polar surface area (TPSA) is 55.6 Å². The van der Waals surface area contributed by atoms with Gasteiger partial charge in [0.1, 0.15) is 0 Å².